The van der Waals surface area contributed by atoms with Crippen LogP contribution in [-0.4, -0.2) is 17.2 Å². The molecule has 1 aromatic rings. The number of halogens is 1. The van der Waals surface area contributed by atoms with Gasteiger partial charge in [-0.1, -0.05) is 19.1 Å². The van der Waals surface area contributed by atoms with Crippen molar-refractivity contribution in [2.24, 2.45) is 5.41 Å². The fraction of sp³-hybridized carbons (Fsp3) is 0.500. The van der Waals surface area contributed by atoms with Crippen LogP contribution in [-0.2, 0) is 16.1 Å². The van der Waals surface area contributed by atoms with Crippen LogP contribution >= 0.6 is 0 Å². The van der Waals surface area contributed by atoms with Crippen molar-refractivity contribution in [2.45, 2.75) is 38.9 Å². The largest absolute Gasteiger partial charge is 0.374 e. The Morgan fingerprint density at radius 2 is 2.21 bits per heavy atom. The van der Waals surface area contributed by atoms with E-state index in [1.807, 2.05) is 6.92 Å². The number of carbonyl (C=O) groups is 1. The van der Waals surface area contributed by atoms with Crippen molar-refractivity contribution in [3.8, 4) is 0 Å². The van der Waals surface area contributed by atoms with Gasteiger partial charge in [0.25, 0.3) is 0 Å². The van der Waals surface area contributed by atoms with E-state index in [0.717, 1.165) is 12.0 Å². The molecule has 104 valence electrons. The fourth-order valence-electron chi connectivity index (χ4n) is 2.46. The molecular weight excluding hydrogens is 249 g/mol. The number of benzene rings is 1. The zero-order valence-corrected chi connectivity index (χ0v) is 10.9. The molecule has 0 unspecified atom stereocenters. The Kier molecular flexibility index (Phi) is 4.17. The average molecular weight is 267 g/mol. The van der Waals surface area contributed by atoms with E-state index in [1.54, 1.807) is 17.6 Å². The molecule has 1 amide bonds. The Morgan fingerprint density at radius 1 is 1.53 bits per heavy atom. The molecule has 0 radical (unpaired) electrons. The lowest BCUT2D eigenvalue weighted by Crippen LogP contribution is -2.35. The summed E-state index contributed by atoms with van der Waals surface area (Å²) >= 11 is 0. The van der Waals surface area contributed by atoms with Crippen molar-refractivity contribution in [3.05, 3.63) is 35.6 Å². The normalized spacial score (nSPS) is 26.4. The summed E-state index contributed by atoms with van der Waals surface area (Å²) in [5.41, 5.74) is 2.05. The van der Waals surface area contributed by atoms with E-state index < -0.39 is 5.41 Å². The van der Waals surface area contributed by atoms with E-state index in [4.69, 9.17) is 9.94 Å². The van der Waals surface area contributed by atoms with Gasteiger partial charge in [0.1, 0.15) is 5.82 Å². The molecule has 0 spiro atoms. The smallest absolute Gasteiger partial charge is 0.249 e. The summed E-state index contributed by atoms with van der Waals surface area (Å²) in [4.78, 5) is 11.5. The van der Waals surface area contributed by atoms with Gasteiger partial charge in [-0.2, -0.15) is 0 Å². The lowest BCUT2D eigenvalue weighted by molar-refractivity contribution is -0.139. The first-order chi connectivity index (χ1) is 9.03. The first-order valence-corrected chi connectivity index (χ1v) is 6.34. The molecule has 1 fully saturated rings. The Balaban J connectivity index is 1.85. The molecule has 2 rings (SSSR count). The lowest BCUT2D eigenvalue weighted by atomic mass is 9.88. The minimum absolute atomic E-state index is 0.00708. The standard InChI is InChI=1S/C14H18FNO3/c1-14(13(17)16-18)7-6-12(8-14)19-9-10-2-4-11(15)5-3-10/h2-5,12,18H,6-9H2,1H3,(H,16,17)/t12-,14-/m0/s1. The number of hydroxylamine groups is 1. The van der Waals surface area contributed by atoms with Crippen molar-refractivity contribution in [2.75, 3.05) is 0 Å². The summed E-state index contributed by atoms with van der Waals surface area (Å²) in [6.07, 6.45) is 2.05. The van der Waals surface area contributed by atoms with Gasteiger partial charge >= 0.3 is 0 Å². The van der Waals surface area contributed by atoms with Crippen LogP contribution in [0, 0.1) is 11.2 Å². The summed E-state index contributed by atoms with van der Waals surface area (Å²) in [5, 5.41) is 8.70. The van der Waals surface area contributed by atoms with Crippen LogP contribution in [0.1, 0.15) is 31.7 Å². The maximum atomic E-state index is 12.7. The Labute approximate surface area is 111 Å². The molecule has 1 aliphatic rings. The molecule has 4 nitrogen and oxygen atoms in total. The molecule has 19 heavy (non-hydrogen) atoms. The third kappa shape index (κ3) is 3.30. The monoisotopic (exact) mass is 267 g/mol. The average Bonchev–Trinajstić information content (AvgIpc) is 2.80. The van der Waals surface area contributed by atoms with Crippen LogP contribution in [0.5, 0.6) is 0 Å². The third-order valence-electron chi connectivity index (χ3n) is 3.74. The number of carbonyl (C=O) groups excluding carboxylic acids is 1. The molecule has 0 saturated heterocycles. The minimum Gasteiger partial charge on any atom is -0.374 e. The highest BCUT2D eigenvalue weighted by Gasteiger charge is 2.41. The van der Waals surface area contributed by atoms with Crippen molar-refractivity contribution < 1.29 is 19.1 Å². The molecule has 0 aromatic heterocycles. The van der Waals surface area contributed by atoms with E-state index in [-0.39, 0.29) is 17.8 Å². The lowest BCUT2D eigenvalue weighted by Gasteiger charge is -2.21. The summed E-state index contributed by atoms with van der Waals surface area (Å²) in [6.45, 7) is 2.22. The molecule has 2 N–H and O–H groups in total. The maximum absolute atomic E-state index is 12.7. The Morgan fingerprint density at radius 3 is 2.84 bits per heavy atom. The Bertz CT molecular complexity index is 449. The molecule has 1 saturated carbocycles. The van der Waals surface area contributed by atoms with Gasteiger partial charge in [0, 0.05) is 0 Å². The second-order valence-corrected chi connectivity index (χ2v) is 5.30. The molecule has 0 bridgehead atoms. The van der Waals surface area contributed by atoms with Crippen LogP contribution in [0.2, 0.25) is 0 Å². The van der Waals surface area contributed by atoms with Gasteiger partial charge in [-0.15, -0.1) is 0 Å². The van der Waals surface area contributed by atoms with E-state index in [9.17, 15) is 9.18 Å². The van der Waals surface area contributed by atoms with Gasteiger partial charge < -0.3 is 4.74 Å². The van der Waals surface area contributed by atoms with Gasteiger partial charge in [-0.25, -0.2) is 9.87 Å². The highest BCUT2D eigenvalue weighted by atomic mass is 19.1. The highest BCUT2D eigenvalue weighted by Crippen LogP contribution is 2.39. The van der Waals surface area contributed by atoms with Crippen LogP contribution in [0.25, 0.3) is 0 Å². The number of rotatable bonds is 4. The third-order valence-corrected chi connectivity index (χ3v) is 3.74. The molecular formula is C14H18FNO3. The van der Waals surface area contributed by atoms with E-state index in [1.165, 1.54) is 12.1 Å². The number of hydrogen-bond acceptors (Lipinski definition) is 3. The van der Waals surface area contributed by atoms with E-state index in [2.05, 4.69) is 0 Å². The van der Waals surface area contributed by atoms with Gasteiger partial charge in [-0.3, -0.25) is 10.0 Å². The van der Waals surface area contributed by atoms with Crippen molar-refractivity contribution in [1.82, 2.24) is 5.48 Å². The van der Waals surface area contributed by atoms with Crippen LogP contribution < -0.4 is 5.48 Å². The van der Waals surface area contributed by atoms with Gasteiger partial charge in [0.05, 0.1) is 18.1 Å². The summed E-state index contributed by atoms with van der Waals surface area (Å²) in [5.74, 6) is -0.628. The summed E-state index contributed by atoms with van der Waals surface area (Å²) < 4.78 is 18.5. The second-order valence-electron chi connectivity index (χ2n) is 5.30. The van der Waals surface area contributed by atoms with Crippen molar-refractivity contribution in [1.29, 1.82) is 0 Å². The summed E-state index contributed by atoms with van der Waals surface area (Å²) in [6, 6.07) is 6.17. The molecule has 1 aliphatic carbocycles. The SMILES string of the molecule is C[C@]1(C(=O)NO)CC[C@H](OCc2ccc(F)cc2)C1. The predicted octanol–water partition coefficient (Wildman–Crippen LogP) is 2.41. The number of amides is 1. The molecule has 5 heteroatoms. The zero-order valence-electron chi connectivity index (χ0n) is 10.9. The first kappa shape index (κ1) is 14.0. The van der Waals surface area contributed by atoms with Crippen LogP contribution in [0.4, 0.5) is 4.39 Å². The fourth-order valence-corrected chi connectivity index (χ4v) is 2.46. The quantitative estimate of drug-likeness (QED) is 0.650. The highest BCUT2D eigenvalue weighted by molar-refractivity contribution is 5.81. The Hall–Kier alpha value is -1.46. The first-order valence-electron chi connectivity index (χ1n) is 6.34. The van der Waals surface area contributed by atoms with E-state index in [0.29, 0.717) is 19.4 Å². The molecule has 0 heterocycles. The number of ether oxygens (including phenoxy) is 1. The molecule has 1 aromatic carbocycles. The van der Waals surface area contributed by atoms with Gasteiger partial charge in [-0.05, 0) is 37.0 Å². The molecule has 0 aliphatic heterocycles. The minimum atomic E-state index is -0.567. The topological polar surface area (TPSA) is 58.6 Å². The zero-order chi connectivity index (χ0) is 13.9. The van der Waals surface area contributed by atoms with E-state index >= 15 is 0 Å². The van der Waals surface area contributed by atoms with Crippen LogP contribution in [0.3, 0.4) is 0 Å². The maximum Gasteiger partial charge on any atom is 0.249 e. The van der Waals surface area contributed by atoms with Crippen molar-refractivity contribution in [3.63, 3.8) is 0 Å². The molecule has 2 atom stereocenters. The van der Waals surface area contributed by atoms with Gasteiger partial charge in [0.2, 0.25) is 5.91 Å². The number of hydrogen-bond donors (Lipinski definition) is 2. The van der Waals surface area contributed by atoms with Crippen molar-refractivity contribution >= 4 is 5.91 Å². The van der Waals surface area contributed by atoms with Gasteiger partial charge in [0.15, 0.2) is 0 Å². The van der Waals surface area contributed by atoms with Crippen LogP contribution in [0.15, 0.2) is 24.3 Å². The predicted molar refractivity (Wildman–Crippen MR) is 66.9 cm³/mol. The number of nitrogens with one attached hydrogen (secondary N) is 1. The second kappa shape index (κ2) is 5.67. The summed E-state index contributed by atoms with van der Waals surface area (Å²) in [7, 11) is 0.